The van der Waals surface area contributed by atoms with Crippen LogP contribution in [0.25, 0.3) is 0 Å². The minimum atomic E-state index is -0.396. The van der Waals surface area contributed by atoms with Gasteiger partial charge in [-0.2, -0.15) is 0 Å². The van der Waals surface area contributed by atoms with Crippen molar-refractivity contribution < 1.29 is 14.4 Å². The normalized spacial score (nSPS) is 12.8. The first-order valence-electron chi connectivity index (χ1n) is 9.05. The van der Waals surface area contributed by atoms with Gasteiger partial charge in [0.05, 0.1) is 11.1 Å². The van der Waals surface area contributed by atoms with Crippen molar-refractivity contribution in [3.05, 3.63) is 99.5 Å². The summed E-state index contributed by atoms with van der Waals surface area (Å²) in [5.41, 5.74) is 2.77. The van der Waals surface area contributed by atoms with Crippen LogP contribution in [0.1, 0.15) is 36.6 Å². The fourth-order valence-corrected chi connectivity index (χ4v) is 3.58. The zero-order chi connectivity index (χ0) is 20.5. The van der Waals surface area contributed by atoms with Crippen molar-refractivity contribution in [3.63, 3.8) is 0 Å². The molecule has 1 aliphatic heterocycles. The third kappa shape index (κ3) is 3.59. The molecule has 0 bridgehead atoms. The third-order valence-electron chi connectivity index (χ3n) is 4.81. The number of carbonyl (C=O) groups excluding carboxylic acids is 3. The summed E-state index contributed by atoms with van der Waals surface area (Å²) in [5.74, 6) is -1.08. The fraction of sp³-hybridized carbons (Fsp3) is 0.0870. The molecule has 1 aliphatic rings. The molecule has 1 heterocycles. The van der Waals surface area contributed by atoms with Gasteiger partial charge in [-0.3, -0.25) is 24.2 Å². The van der Waals surface area contributed by atoms with Crippen LogP contribution >= 0.6 is 15.9 Å². The lowest BCUT2D eigenvalue weighted by molar-refractivity contribution is 0.0650. The number of rotatable bonds is 4. The molecule has 0 N–H and O–H groups in total. The van der Waals surface area contributed by atoms with Crippen LogP contribution in [-0.4, -0.2) is 29.3 Å². The second kappa shape index (κ2) is 7.64. The largest absolute Gasteiger partial charge is 0.290 e. The van der Waals surface area contributed by atoms with Crippen LogP contribution in [0.2, 0.25) is 0 Å². The summed E-state index contributed by atoms with van der Waals surface area (Å²) < 4.78 is 0.858. The highest BCUT2D eigenvalue weighted by molar-refractivity contribution is 9.10. The Morgan fingerprint density at radius 3 is 2.10 bits per heavy atom. The van der Waals surface area contributed by atoms with Gasteiger partial charge in [0.2, 0.25) is 0 Å². The molecule has 0 fully saturated rings. The van der Waals surface area contributed by atoms with Crippen LogP contribution in [0.15, 0.2) is 77.3 Å². The lowest BCUT2D eigenvalue weighted by Gasteiger charge is -2.27. The van der Waals surface area contributed by atoms with Gasteiger partial charge in [-0.1, -0.05) is 40.2 Å². The Morgan fingerprint density at radius 2 is 1.52 bits per heavy atom. The summed E-state index contributed by atoms with van der Waals surface area (Å²) in [6.45, 7) is 1.76. The molecule has 0 saturated carbocycles. The molecule has 0 aliphatic carbocycles. The number of aryl methyl sites for hydroxylation is 1. The van der Waals surface area contributed by atoms with Crippen molar-refractivity contribution in [3.8, 4) is 0 Å². The number of carbonyl (C=O) groups is 3. The van der Waals surface area contributed by atoms with E-state index in [-0.39, 0.29) is 12.6 Å². The summed E-state index contributed by atoms with van der Waals surface area (Å²) in [4.78, 5) is 41.5. The van der Waals surface area contributed by atoms with E-state index in [2.05, 4.69) is 15.9 Å². The van der Waals surface area contributed by atoms with Crippen molar-refractivity contribution in [1.82, 2.24) is 4.90 Å². The van der Waals surface area contributed by atoms with E-state index >= 15 is 0 Å². The summed E-state index contributed by atoms with van der Waals surface area (Å²) in [7, 11) is 0. The highest BCUT2D eigenvalue weighted by Crippen LogP contribution is 2.26. The monoisotopic (exact) mass is 448 g/mol. The minimum Gasteiger partial charge on any atom is -0.290 e. The average molecular weight is 449 g/mol. The molecule has 3 amide bonds. The number of fused-ring (bicyclic) bond motifs is 1. The predicted octanol–water partition coefficient (Wildman–Crippen LogP) is 4.66. The van der Waals surface area contributed by atoms with E-state index in [1.165, 1.54) is 4.90 Å². The molecular weight excluding hydrogens is 432 g/mol. The molecule has 6 heteroatoms. The van der Waals surface area contributed by atoms with Crippen LogP contribution in [0, 0.1) is 6.92 Å². The lowest BCUT2D eigenvalue weighted by Crippen LogP contribution is -2.44. The van der Waals surface area contributed by atoms with E-state index in [1.54, 1.807) is 54.6 Å². The standard InChI is InChI=1S/C23H17BrN2O3/c1-15-5-4-6-18(13-15)25(21(27)16-9-11-17(24)12-10-16)14-26-22(28)19-7-2-3-8-20(19)23(26)29/h2-13H,14H2,1H3. The Labute approximate surface area is 176 Å². The third-order valence-corrected chi connectivity index (χ3v) is 5.34. The van der Waals surface area contributed by atoms with Crippen LogP contribution < -0.4 is 4.90 Å². The van der Waals surface area contributed by atoms with Gasteiger partial charge in [0.1, 0.15) is 6.67 Å². The van der Waals surface area contributed by atoms with Crippen molar-refractivity contribution in [2.75, 3.05) is 11.6 Å². The van der Waals surface area contributed by atoms with Gasteiger partial charge >= 0.3 is 0 Å². The van der Waals surface area contributed by atoms with Crippen molar-refractivity contribution in [2.45, 2.75) is 6.92 Å². The van der Waals surface area contributed by atoms with Gasteiger partial charge in [0, 0.05) is 15.7 Å². The quantitative estimate of drug-likeness (QED) is 0.545. The molecule has 4 rings (SSSR count). The number of imide groups is 1. The van der Waals surface area contributed by atoms with Crippen LogP contribution in [0.3, 0.4) is 0 Å². The van der Waals surface area contributed by atoms with Crippen LogP contribution in [0.4, 0.5) is 5.69 Å². The minimum absolute atomic E-state index is 0.162. The van der Waals surface area contributed by atoms with E-state index in [0.717, 1.165) is 14.9 Å². The van der Waals surface area contributed by atoms with E-state index in [0.29, 0.717) is 22.4 Å². The maximum Gasteiger partial charge on any atom is 0.263 e. The molecule has 0 spiro atoms. The Morgan fingerprint density at radius 1 is 0.897 bits per heavy atom. The average Bonchev–Trinajstić information content (AvgIpc) is 2.97. The van der Waals surface area contributed by atoms with Crippen LogP contribution in [-0.2, 0) is 0 Å². The summed E-state index contributed by atoms with van der Waals surface area (Å²) in [6.07, 6.45) is 0. The summed E-state index contributed by atoms with van der Waals surface area (Å²) >= 11 is 3.37. The Hall–Kier alpha value is -3.25. The lowest BCUT2D eigenvalue weighted by atomic mass is 10.1. The molecule has 0 atom stereocenters. The highest BCUT2D eigenvalue weighted by atomic mass is 79.9. The fourth-order valence-electron chi connectivity index (χ4n) is 3.32. The maximum absolute atomic E-state index is 13.3. The topological polar surface area (TPSA) is 57.7 Å². The van der Waals surface area contributed by atoms with Gasteiger partial charge < -0.3 is 0 Å². The molecule has 5 nitrogen and oxygen atoms in total. The zero-order valence-electron chi connectivity index (χ0n) is 15.6. The molecule has 0 radical (unpaired) electrons. The van der Waals surface area contributed by atoms with Crippen LogP contribution in [0.5, 0.6) is 0 Å². The van der Waals surface area contributed by atoms with Crippen molar-refractivity contribution >= 4 is 39.3 Å². The maximum atomic E-state index is 13.3. The first kappa shape index (κ1) is 19.1. The van der Waals surface area contributed by atoms with Gasteiger partial charge in [-0.05, 0) is 61.0 Å². The van der Waals surface area contributed by atoms with Gasteiger partial charge in [0.25, 0.3) is 17.7 Å². The van der Waals surface area contributed by atoms with E-state index in [9.17, 15) is 14.4 Å². The Balaban J connectivity index is 1.72. The Kier molecular flexibility index (Phi) is 5.03. The first-order valence-corrected chi connectivity index (χ1v) is 9.84. The molecule has 0 saturated heterocycles. The SMILES string of the molecule is Cc1cccc(N(CN2C(=O)c3ccccc3C2=O)C(=O)c2ccc(Br)cc2)c1. The molecule has 0 unspecified atom stereocenters. The predicted molar refractivity (Wildman–Crippen MR) is 114 cm³/mol. The van der Waals surface area contributed by atoms with E-state index < -0.39 is 11.8 Å². The smallest absolute Gasteiger partial charge is 0.263 e. The highest BCUT2D eigenvalue weighted by Gasteiger charge is 2.37. The van der Waals surface area contributed by atoms with Gasteiger partial charge in [-0.15, -0.1) is 0 Å². The molecule has 0 aromatic heterocycles. The molecule has 3 aromatic rings. The number of anilines is 1. The molecule has 29 heavy (non-hydrogen) atoms. The zero-order valence-corrected chi connectivity index (χ0v) is 17.2. The Bertz CT molecular complexity index is 1090. The number of amides is 3. The number of hydrogen-bond acceptors (Lipinski definition) is 3. The number of hydrogen-bond donors (Lipinski definition) is 0. The second-order valence-electron chi connectivity index (χ2n) is 6.80. The van der Waals surface area contributed by atoms with Gasteiger partial charge in [-0.25, -0.2) is 0 Å². The number of halogens is 1. The van der Waals surface area contributed by atoms with Crippen molar-refractivity contribution in [1.29, 1.82) is 0 Å². The first-order chi connectivity index (χ1) is 14.0. The number of nitrogens with zero attached hydrogens (tertiary/aromatic N) is 2. The summed E-state index contributed by atoms with van der Waals surface area (Å²) in [5, 5.41) is 0. The second-order valence-corrected chi connectivity index (χ2v) is 7.72. The number of benzene rings is 3. The van der Waals surface area contributed by atoms with Gasteiger partial charge in [0.15, 0.2) is 0 Å². The summed E-state index contributed by atoms with van der Waals surface area (Å²) in [6, 6.07) is 21.1. The van der Waals surface area contributed by atoms with Crippen molar-refractivity contribution in [2.24, 2.45) is 0 Å². The molecular formula is C23H17BrN2O3. The van der Waals surface area contributed by atoms with E-state index in [1.807, 2.05) is 25.1 Å². The molecule has 144 valence electrons. The van der Waals surface area contributed by atoms with E-state index in [4.69, 9.17) is 0 Å². The molecule has 3 aromatic carbocycles.